The van der Waals surface area contributed by atoms with Crippen LogP contribution >= 0.6 is 0 Å². The molecule has 0 aromatic heterocycles. The van der Waals surface area contributed by atoms with Crippen LogP contribution in [-0.4, -0.2) is 19.1 Å². The minimum absolute atomic E-state index is 0.212. The second kappa shape index (κ2) is 5.39. The molecular weight excluding hydrogens is 294 g/mol. The van der Waals surface area contributed by atoms with Crippen LogP contribution in [0.3, 0.4) is 0 Å². The molecule has 0 fully saturated rings. The summed E-state index contributed by atoms with van der Waals surface area (Å²) >= 11 is 0. The second-order valence-electron chi connectivity index (χ2n) is 5.61. The monoisotopic (exact) mass is 309 g/mol. The molecule has 0 saturated carbocycles. The second-order valence-corrected chi connectivity index (χ2v) is 5.61. The van der Waals surface area contributed by atoms with Crippen LogP contribution in [0.1, 0.15) is 22.7 Å². The van der Waals surface area contributed by atoms with E-state index in [0.29, 0.717) is 23.6 Å². The van der Waals surface area contributed by atoms with Gasteiger partial charge in [0.25, 0.3) is 0 Å². The molecule has 0 saturated heterocycles. The van der Waals surface area contributed by atoms with Crippen LogP contribution in [0.2, 0.25) is 0 Å². The number of hydrogen-bond acceptors (Lipinski definition) is 6. The van der Waals surface area contributed by atoms with Crippen molar-refractivity contribution < 1.29 is 14.3 Å². The Morgan fingerprint density at radius 1 is 1.09 bits per heavy atom. The molecule has 2 unspecified atom stereocenters. The Kier molecular flexibility index (Phi) is 3.22. The molecule has 4 rings (SSSR count). The number of rotatable bonds is 2. The fourth-order valence-corrected chi connectivity index (χ4v) is 2.91. The summed E-state index contributed by atoms with van der Waals surface area (Å²) < 4.78 is 10.9. The fraction of sp³-hybridized carbons (Fsp3) is 0.235. The van der Waals surface area contributed by atoms with Crippen LogP contribution in [0.4, 0.5) is 5.69 Å². The quantitative estimate of drug-likeness (QED) is 0.682. The summed E-state index contributed by atoms with van der Waals surface area (Å²) in [6.07, 6.45) is 1.33. The van der Waals surface area contributed by atoms with Gasteiger partial charge in [-0.25, -0.2) is 0 Å². The molecule has 0 spiro atoms. The van der Waals surface area contributed by atoms with Gasteiger partial charge in [-0.15, -0.1) is 0 Å². The van der Waals surface area contributed by atoms with Gasteiger partial charge >= 0.3 is 0 Å². The van der Waals surface area contributed by atoms with Crippen molar-refractivity contribution in [2.24, 2.45) is 10.2 Å². The molecule has 2 heterocycles. The Morgan fingerprint density at radius 3 is 2.57 bits per heavy atom. The normalized spacial score (nSPS) is 21.6. The van der Waals surface area contributed by atoms with Gasteiger partial charge in [-0.3, -0.25) is 0 Å². The summed E-state index contributed by atoms with van der Waals surface area (Å²) in [6, 6.07) is 10.6. The molecule has 6 nitrogen and oxygen atoms in total. The average molecular weight is 309 g/mol. The first-order chi connectivity index (χ1) is 11.2. The predicted molar refractivity (Wildman–Crippen MR) is 83.7 cm³/mol. The highest BCUT2D eigenvalue weighted by Gasteiger charge is 2.27. The number of ether oxygens (including phenoxy) is 2. The molecule has 0 aliphatic carbocycles. The van der Waals surface area contributed by atoms with Crippen molar-refractivity contribution in [1.29, 1.82) is 0 Å². The van der Waals surface area contributed by atoms with E-state index in [4.69, 9.17) is 15.2 Å². The predicted octanol–water partition coefficient (Wildman–Crippen LogP) is 2.66. The van der Waals surface area contributed by atoms with Gasteiger partial charge in [-0.05, 0) is 41.0 Å². The zero-order valence-electron chi connectivity index (χ0n) is 12.3. The lowest BCUT2D eigenvalue weighted by Gasteiger charge is -2.15. The third-order valence-electron chi connectivity index (χ3n) is 4.10. The van der Waals surface area contributed by atoms with E-state index in [1.807, 2.05) is 36.4 Å². The van der Waals surface area contributed by atoms with Crippen LogP contribution in [0, 0.1) is 0 Å². The van der Waals surface area contributed by atoms with E-state index in [0.717, 1.165) is 23.0 Å². The molecule has 0 amide bonds. The molecule has 2 aliphatic heterocycles. The minimum atomic E-state index is -0.479. The maximum absolute atomic E-state index is 11.2. The molecular formula is C17H15N3O3. The molecule has 0 bridgehead atoms. The van der Waals surface area contributed by atoms with Crippen molar-refractivity contribution in [3.63, 3.8) is 0 Å². The number of fused-ring (bicyclic) bond motifs is 2. The Morgan fingerprint density at radius 2 is 1.83 bits per heavy atom. The van der Waals surface area contributed by atoms with Gasteiger partial charge in [0, 0.05) is 12.1 Å². The van der Waals surface area contributed by atoms with E-state index < -0.39 is 6.04 Å². The lowest BCUT2D eigenvalue weighted by molar-refractivity contribution is -0.108. The van der Waals surface area contributed by atoms with Crippen molar-refractivity contribution >= 4 is 12.0 Å². The van der Waals surface area contributed by atoms with Crippen molar-refractivity contribution in [3.05, 3.63) is 53.1 Å². The highest BCUT2D eigenvalue weighted by atomic mass is 16.7. The fourth-order valence-electron chi connectivity index (χ4n) is 2.91. The number of benzene rings is 2. The van der Waals surface area contributed by atoms with E-state index in [1.54, 1.807) is 0 Å². The number of carbonyl (C=O) groups excluding carboxylic acids is 1. The van der Waals surface area contributed by atoms with Gasteiger partial charge in [0.1, 0.15) is 18.4 Å². The van der Waals surface area contributed by atoms with E-state index in [1.165, 1.54) is 0 Å². The van der Waals surface area contributed by atoms with Crippen LogP contribution in [-0.2, 0) is 11.2 Å². The molecule has 116 valence electrons. The highest BCUT2D eigenvalue weighted by molar-refractivity contribution is 5.61. The topological polar surface area (TPSA) is 86.3 Å². The van der Waals surface area contributed by atoms with Gasteiger partial charge in [0.15, 0.2) is 11.5 Å². The first-order valence-corrected chi connectivity index (χ1v) is 7.37. The third-order valence-corrected chi connectivity index (χ3v) is 4.10. The minimum Gasteiger partial charge on any atom is -0.454 e. The number of nitrogens with two attached hydrogens (primary N) is 1. The number of hydrogen-bond donors (Lipinski definition) is 1. The van der Waals surface area contributed by atoms with Gasteiger partial charge in [-0.1, -0.05) is 12.1 Å². The van der Waals surface area contributed by atoms with Crippen LogP contribution in [0.25, 0.3) is 0 Å². The number of anilines is 1. The lowest BCUT2D eigenvalue weighted by Crippen LogP contribution is -2.09. The smallest absolute Gasteiger partial charge is 0.231 e. The molecule has 2 aliphatic rings. The summed E-state index contributed by atoms with van der Waals surface area (Å²) in [7, 11) is 0. The molecule has 2 atom stereocenters. The number of aldehydes is 1. The first kappa shape index (κ1) is 13.8. The molecule has 23 heavy (non-hydrogen) atoms. The van der Waals surface area contributed by atoms with E-state index in [-0.39, 0.29) is 12.8 Å². The van der Waals surface area contributed by atoms with Crippen molar-refractivity contribution in [3.8, 4) is 11.5 Å². The highest BCUT2D eigenvalue weighted by Crippen LogP contribution is 2.41. The lowest BCUT2D eigenvalue weighted by atomic mass is 9.92. The molecule has 6 heteroatoms. The molecule has 2 aromatic rings. The molecule has 0 radical (unpaired) electrons. The summed E-state index contributed by atoms with van der Waals surface area (Å²) in [4.78, 5) is 11.2. The number of nitrogens with zero attached hydrogens (tertiary/aromatic N) is 2. The van der Waals surface area contributed by atoms with Crippen LogP contribution in [0.15, 0.2) is 46.6 Å². The number of azo groups is 1. The third kappa shape index (κ3) is 2.42. The first-order valence-electron chi connectivity index (χ1n) is 7.37. The number of nitrogen functional groups attached to an aromatic ring is 1. The zero-order chi connectivity index (χ0) is 15.8. The Bertz CT molecular complexity index is 786. The zero-order valence-corrected chi connectivity index (χ0v) is 12.3. The summed E-state index contributed by atoms with van der Waals surface area (Å²) in [5.41, 5.74) is 9.40. The van der Waals surface area contributed by atoms with E-state index in [2.05, 4.69) is 10.2 Å². The Labute approximate surface area is 132 Å². The van der Waals surface area contributed by atoms with Crippen molar-refractivity contribution in [2.75, 3.05) is 12.5 Å². The van der Waals surface area contributed by atoms with Crippen molar-refractivity contribution in [1.82, 2.24) is 0 Å². The van der Waals surface area contributed by atoms with Gasteiger partial charge in [-0.2, -0.15) is 10.2 Å². The van der Waals surface area contributed by atoms with E-state index in [9.17, 15) is 4.79 Å². The Balaban J connectivity index is 1.86. The average Bonchev–Trinajstić information content (AvgIpc) is 2.94. The maximum atomic E-state index is 11.2. The van der Waals surface area contributed by atoms with Gasteiger partial charge in [0.05, 0.1) is 0 Å². The molecule has 2 N–H and O–H groups in total. The molecule has 2 aromatic carbocycles. The van der Waals surface area contributed by atoms with Crippen LogP contribution in [0.5, 0.6) is 11.5 Å². The van der Waals surface area contributed by atoms with E-state index >= 15 is 0 Å². The standard InChI is InChI=1S/C17H15N3O3/c18-12-3-1-10(2-4-12)17-14-7-16-15(22-9-23-16)6-11(14)5-13(8-21)19-20-17/h1-4,6-8,13,17H,5,9,18H2. The van der Waals surface area contributed by atoms with Crippen molar-refractivity contribution in [2.45, 2.75) is 18.5 Å². The largest absolute Gasteiger partial charge is 0.454 e. The summed E-state index contributed by atoms with van der Waals surface area (Å²) in [5.74, 6) is 1.40. The summed E-state index contributed by atoms with van der Waals surface area (Å²) in [6.45, 7) is 0.212. The summed E-state index contributed by atoms with van der Waals surface area (Å²) in [5, 5.41) is 8.58. The SMILES string of the molecule is Nc1ccc(C2N=NC(C=O)Cc3cc4c(cc32)OCO4)cc1. The number of carbonyl (C=O) groups is 1. The van der Waals surface area contributed by atoms with Gasteiger partial charge < -0.3 is 20.0 Å². The maximum Gasteiger partial charge on any atom is 0.231 e. The van der Waals surface area contributed by atoms with Gasteiger partial charge in [0.2, 0.25) is 6.79 Å². The van der Waals surface area contributed by atoms with Crippen LogP contribution < -0.4 is 15.2 Å². The Hall–Kier alpha value is -2.89.